The van der Waals surface area contributed by atoms with Crippen LogP contribution >= 0.6 is 0 Å². The Morgan fingerprint density at radius 1 is 0.914 bits per heavy atom. The molecule has 0 unspecified atom stereocenters. The Bertz CT molecular complexity index is 1340. The molecule has 1 N–H and O–H groups in total. The number of piperazine rings is 1. The normalized spacial score (nSPS) is 14.5. The molecule has 0 spiro atoms. The summed E-state index contributed by atoms with van der Waals surface area (Å²) in [5.41, 5.74) is 4.02. The zero-order valence-corrected chi connectivity index (χ0v) is 19.9. The monoisotopic (exact) mass is 470 g/mol. The van der Waals surface area contributed by atoms with Crippen molar-refractivity contribution in [1.82, 2.24) is 4.90 Å². The fourth-order valence-corrected chi connectivity index (χ4v) is 4.57. The number of anilines is 1. The third kappa shape index (κ3) is 5.09. The van der Waals surface area contributed by atoms with Crippen LogP contribution in [0.5, 0.6) is 5.75 Å². The van der Waals surface area contributed by atoms with Gasteiger partial charge >= 0.3 is 0 Å². The van der Waals surface area contributed by atoms with Gasteiger partial charge in [0.05, 0.1) is 12.0 Å². The third-order valence-corrected chi connectivity index (χ3v) is 6.52. The second-order valence-electron chi connectivity index (χ2n) is 8.87. The summed E-state index contributed by atoms with van der Waals surface area (Å²) in [6.45, 7) is 7.81. The van der Waals surface area contributed by atoms with E-state index in [-0.39, 0.29) is 11.5 Å². The van der Waals surface area contributed by atoms with Crippen LogP contribution in [0.2, 0.25) is 0 Å². The van der Waals surface area contributed by atoms with Crippen molar-refractivity contribution in [1.29, 1.82) is 0 Å². The van der Waals surface area contributed by atoms with Gasteiger partial charge in [0.1, 0.15) is 5.58 Å². The summed E-state index contributed by atoms with van der Waals surface area (Å²) < 4.78 is 11.4. The Morgan fingerprint density at radius 3 is 2.37 bits per heavy atom. The highest BCUT2D eigenvalue weighted by atomic mass is 16.5. The number of fused-ring (bicyclic) bond motifs is 1. The Morgan fingerprint density at radius 2 is 1.66 bits per heavy atom. The molecule has 0 atom stereocenters. The molecule has 0 saturated carbocycles. The summed E-state index contributed by atoms with van der Waals surface area (Å²) in [6, 6.07) is 23.8. The molecule has 1 aliphatic heterocycles. The first-order chi connectivity index (χ1) is 17.1. The van der Waals surface area contributed by atoms with E-state index in [9.17, 15) is 9.90 Å². The van der Waals surface area contributed by atoms with Gasteiger partial charge in [-0.15, -0.1) is 0 Å². The molecular formula is C29H30N2O4. The van der Waals surface area contributed by atoms with Crippen molar-refractivity contribution >= 4 is 16.7 Å². The highest BCUT2D eigenvalue weighted by molar-refractivity contribution is 5.82. The van der Waals surface area contributed by atoms with Crippen LogP contribution in [0, 0.1) is 0 Å². The summed E-state index contributed by atoms with van der Waals surface area (Å²) in [5, 5.41) is 11.0. The minimum atomic E-state index is -0.432. The van der Waals surface area contributed by atoms with Crippen LogP contribution in [0.15, 0.2) is 82.0 Å². The van der Waals surface area contributed by atoms with E-state index in [0.717, 1.165) is 44.0 Å². The number of rotatable bonds is 7. The van der Waals surface area contributed by atoms with Crippen molar-refractivity contribution < 1.29 is 14.3 Å². The van der Waals surface area contributed by atoms with E-state index in [0.29, 0.717) is 29.7 Å². The van der Waals surface area contributed by atoms with E-state index in [2.05, 4.69) is 34.1 Å². The van der Waals surface area contributed by atoms with Crippen LogP contribution in [0.4, 0.5) is 5.69 Å². The fourth-order valence-electron chi connectivity index (χ4n) is 4.57. The van der Waals surface area contributed by atoms with Gasteiger partial charge < -0.3 is 19.2 Å². The van der Waals surface area contributed by atoms with E-state index in [1.54, 1.807) is 12.1 Å². The molecule has 4 aromatic rings. The lowest BCUT2D eigenvalue weighted by Gasteiger charge is -2.36. The molecule has 1 saturated heterocycles. The lowest BCUT2D eigenvalue weighted by Crippen LogP contribution is -2.45. The first-order valence-electron chi connectivity index (χ1n) is 12.1. The average Bonchev–Trinajstić information content (AvgIpc) is 2.91. The van der Waals surface area contributed by atoms with Crippen molar-refractivity contribution in [3.05, 3.63) is 94.1 Å². The van der Waals surface area contributed by atoms with Crippen LogP contribution in [-0.2, 0) is 17.9 Å². The van der Waals surface area contributed by atoms with E-state index in [1.165, 1.54) is 5.56 Å². The van der Waals surface area contributed by atoms with Gasteiger partial charge in [0.2, 0.25) is 11.2 Å². The van der Waals surface area contributed by atoms with Gasteiger partial charge in [0, 0.05) is 50.6 Å². The standard InChI is InChI=1S/C29H30N2O4/c1-2-34-20-22-8-13-26-25(18-22)27(32)28(33)29(35-26)23-9-11-24(12-10-23)31-16-14-30(15-17-31)19-21-6-4-3-5-7-21/h3-13,18,33H,2,14-17,19-20H2,1H3. The van der Waals surface area contributed by atoms with Gasteiger partial charge in [-0.05, 0) is 54.4 Å². The second kappa shape index (κ2) is 10.3. The zero-order valence-electron chi connectivity index (χ0n) is 19.9. The minimum absolute atomic E-state index is 0.194. The molecule has 0 bridgehead atoms. The summed E-state index contributed by atoms with van der Waals surface area (Å²) in [6.07, 6.45) is 0. The lowest BCUT2D eigenvalue weighted by atomic mass is 10.1. The van der Waals surface area contributed by atoms with Crippen molar-refractivity contribution in [3.63, 3.8) is 0 Å². The number of aromatic hydroxyl groups is 1. The Labute approximate surface area is 205 Å². The molecule has 0 radical (unpaired) electrons. The van der Waals surface area contributed by atoms with Crippen LogP contribution in [-0.4, -0.2) is 42.8 Å². The second-order valence-corrected chi connectivity index (χ2v) is 8.87. The van der Waals surface area contributed by atoms with E-state index in [1.807, 2.05) is 43.3 Å². The fraction of sp³-hybridized carbons (Fsp3) is 0.276. The largest absolute Gasteiger partial charge is 0.502 e. The average molecular weight is 471 g/mol. The lowest BCUT2D eigenvalue weighted by molar-refractivity contribution is 0.134. The van der Waals surface area contributed by atoms with Gasteiger partial charge in [0.15, 0.2) is 5.76 Å². The van der Waals surface area contributed by atoms with Gasteiger partial charge in [-0.25, -0.2) is 0 Å². The Balaban J connectivity index is 1.30. The number of nitrogens with zero attached hydrogens (tertiary/aromatic N) is 2. The molecule has 2 heterocycles. The quantitative estimate of drug-likeness (QED) is 0.409. The number of hydrogen-bond donors (Lipinski definition) is 1. The number of ether oxygens (including phenoxy) is 1. The first-order valence-corrected chi connectivity index (χ1v) is 12.1. The Kier molecular flexibility index (Phi) is 6.84. The maximum absolute atomic E-state index is 12.9. The van der Waals surface area contributed by atoms with Crippen LogP contribution in [0.25, 0.3) is 22.3 Å². The molecule has 6 heteroatoms. The number of hydrogen-bond acceptors (Lipinski definition) is 6. The maximum atomic E-state index is 12.9. The van der Waals surface area contributed by atoms with Crippen LogP contribution < -0.4 is 10.3 Å². The summed E-state index contributed by atoms with van der Waals surface area (Å²) in [7, 11) is 0. The molecule has 35 heavy (non-hydrogen) atoms. The maximum Gasteiger partial charge on any atom is 0.235 e. The molecule has 1 aromatic heterocycles. The summed E-state index contributed by atoms with van der Waals surface area (Å²) >= 11 is 0. The highest BCUT2D eigenvalue weighted by Gasteiger charge is 2.19. The van der Waals surface area contributed by atoms with Crippen LogP contribution in [0.3, 0.4) is 0 Å². The van der Waals surface area contributed by atoms with E-state index < -0.39 is 5.43 Å². The first kappa shape index (κ1) is 23.1. The van der Waals surface area contributed by atoms with E-state index >= 15 is 0 Å². The highest BCUT2D eigenvalue weighted by Crippen LogP contribution is 2.32. The molecule has 0 aliphatic carbocycles. The van der Waals surface area contributed by atoms with E-state index in [4.69, 9.17) is 9.15 Å². The van der Waals surface area contributed by atoms with Gasteiger partial charge in [-0.2, -0.15) is 0 Å². The van der Waals surface area contributed by atoms with Crippen molar-refractivity contribution in [3.8, 4) is 17.1 Å². The molecular weight excluding hydrogens is 440 g/mol. The van der Waals surface area contributed by atoms with Crippen molar-refractivity contribution in [2.24, 2.45) is 0 Å². The molecule has 180 valence electrons. The van der Waals surface area contributed by atoms with Gasteiger partial charge in [0.25, 0.3) is 0 Å². The molecule has 3 aromatic carbocycles. The smallest absolute Gasteiger partial charge is 0.235 e. The minimum Gasteiger partial charge on any atom is -0.502 e. The predicted molar refractivity (Wildman–Crippen MR) is 139 cm³/mol. The summed E-state index contributed by atoms with van der Waals surface area (Å²) in [4.78, 5) is 17.7. The molecule has 1 aliphatic rings. The van der Waals surface area contributed by atoms with Crippen LogP contribution in [0.1, 0.15) is 18.1 Å². The third-order valence-electron chi connectivity index (χ3n) is 6.52. The SMILES string of the molecule is CCOCc1ccc2oc(-c3ccc(N4CCN(Cc5ccccc5)CC4)cc3)c(O)c(=O)c2c1. The number of benzene rings is 3. The Hall–Kier alpha value is -3.61. The van der Waals surface area contributed by atoms with Crippen molar-refractivity contribution in [2.75, 3.05) is 37.7 Å². The predicted octanol–water partition coefficient (Wildman–Crippen LogP) is 5.02. The zero-order chi connectivity index (χ0) is 24.2. The molecule has 6 nitrogen and oxygen atoms in total. The van der Waals surface area contributed by atoms with Gasteiger partial charge in [-0.1, -0.05) is 36.4 Å². The topological polar surface area (TPSA) is 66.2 Å². The van der Waals surface area contributed by atoms with Gasteiger partial charge in [-0.3, -0.25) is 9.69 Å². The molecule has 0 amide bonds. The summed E-state index contributed by atoms with van der Waals surface area (Å²) in [5.74, 6) is -0.173. The molecule has 1 fully saturated rings. The van der Waals surface area contributed by atoms with Crippen molar-refractivity contribution in [2.45, 2.75) is 20.1 Å². The molecule has 5 rings (SSSR count).